The Morgan fingerprint density at radius 2 is 1.75 bits per heavy atom. The van der Waals surface area contributed by atoms with Crippen molar-refractivity contribution in [2.45, 2.75) is 12.5 Å². The van der Waals surface area contributed by atoms with Gasteiger partial charge in [-0.25, -0.2) is 4.39 Å². The summed E-state index contributed by atoms with van der Waals surface area (Å²) in [4.78, 5) is 0. The van der Waals surface area contributed by atoms with Crippen LogP contribution in [0.5, 0.6) is 0 Å². The Labute approximate surface area is 131 Å². The van der Waals surface area contributed by atoms with Crippen LogP contribution in [0.2, 0.25) is 15.1 Å². The summed E-state index contributed by atoms with van der Waals surface area (Å²) in [5, 5.41) is 1.41. The third-order valence-electron chi connectivity index (χ3n) is 2.98. The van der Waals surface area contributed by atoms with Crippen LogP contribution < -0.4 is 11.3 Å². The fraction of sp³-hybridized carbons (Fsp3) is 0.143. The number of hydrogen-bond donors (Lipinski definition) is 2. The van der Waals surface area contributed by atoms with E-state index in [-0.39, 0.29) is 12.2 Å². The Balaban J connectivity index is 2.36. The molecule has 1 atom stereocenters. The zero-order valence-corrected chi connectivity index (χ0v) is 12.6. The van der Waals surface area contributed by atoms with Crippen molar-refractivity contribution < 1.29 is 4.39 Å². The monoisotopic (exact) mass is 332 g/mol. The van der Waals surface area contributed by atoms with Crippen molar-refractivity contribution in [3.05, 3.63) is 68.4 Å². The Hall–Kier alpha value is -0.840. The van der Waals surface area contributed by atoms with E-state index in [2.05, 4.69) is 5.43 Å². The summed E-state index contributed by atoms with van der Waals surface area (Å²) in [6.07, 6.45) is 0.284. The van der Waals surface area contributed by atoms with Crippen LogP contribution in [0.15, 0.2) is 36.4 Å². The van der Waals surface area contributed by atoms with E-state index in [0.717, 1.165) is 0 Å². The molecule has 1 unspecified atom stereocenters. The van der Waals surface area contributed by atoms with E-state index >= 15 is 0 Å². The quantitative estimate of drug-likeness (QED) is 0.637. The fourth-order valence-corrected chi connectivity index (χ4v) is 2.86. The van der Waals surface area contributed by atoms with Gasteiger partial charge in [0.1, 0.15) is 5.82 Å². The molecule has 0 amide bonds. The van der Waals surface area contributed by atoms with Crippen molar-refractivity contribution in [3.63, 3.8) is 0 Å². The topological polar surface area (TPSA) is 38.0 Å². The highest BCUT2D eigenvalue weighted by atomic mass is 35.5. The molecule has 0 spiro atoms. The Bertz CT molecular complexity index is 599. The average Bonchev–Trinajstić information content (AvgIpc) is 2.41. The summed E-state index contributed by atoms with van der Waals surface area (Å²) < 4.78 is 13.8. The van der Waals surface area contributed by atoms with Crippen molar-refractivity contribution in [2.24, 2.45) is 5.84 Å². The van der Waals surface area contributed by atoms with Gasteiger partial charge in [0.15, 0.2) is 0 Å². The van der Waals surface area contributed by atoms with Crippen LogP contribution in [0, 0.1) is 5.82 Å². The summed E-state index contributed by atoms with van der Waals surface area (Å²) in [6, 6.07) is 9.12. The average molecular weight is 334 g/mol. The molecule has 106 valence electrons. The zero-order chi connectivity index (χ0) is 14.7. The lowest BCUT2D eigenvalue weighted by atomic mass is 9.99. The molecule has 0 saturated heterocycles. The highest BCUT2D eigenvalue weighted by Gasteiger charge is 2.19. The van der Waals surface area contributed by atoms with Crippen molar-refractivity contribution >= 4 is 34.8 Å². The van der Waals surface area contributed by atoms with Gasteiger partial charge >= 0.3 is 0 Å². The molecular formula is C14H12Cl3FN2. The number of halogens is 4. The lowest BCUT2D eigenvalue weighted by molar-refractivity contribution is 0.529. The molecule has 0 aromatic heterocycles. The predicted octanol–water partition coefficient (Wildman–Crippen LogP) is 4.53. The van der Waals surface area contributed by atoms with Gasteiger partial charge < -0.3 is 0 Å². The van der Waals surface area contributed by atoms with Crippen molar-refractivity contribution in [1.82, 2.24) is 5.43 Å². The number of nitrogens with one attached hydrogen (secondary N) is 1. The minimum absolute atomic E-state index is 0.284. The lowest BCUT2D eigenvalue weighted by Crippen LogP contribution is -2.30. The predicted molar refractivity (Wildman–Crippen MR) is 81.6 cm³/mol. The maximum atomic E-state index is 13.8. The first kappa shape index (κ1) is 15.5. The molecule has 0 bridgehead atoms. The second-order valence-electron chi connectivity index (χ2n) is 4.29. The molecule has 0 radical (unpaired) electrons. The number of benzene rings is 2. The van der Waals surface area contributed by atoms with E-state index in [4.69, 9.17) is 40.6 Å². The molecule has 0 aliphatic rings. The van der Waals surface area contributed by atoms with Crippen LogP contribution in [0.3, 0.4) is 0 Å². The van der Waals surface area contributed by atoms with Crippen LogP contribution in [-0.2, 0) is 6.42 Å². The van der Waals surface area contributed by atoms with E-state index in [1.807, 2.05) is 0 Å². The minimum Gasteiger partial charge on any atom is -0.271 e. The van der Waals surface area contributed by atoms with Gasteiger partial charge in [-0.3, -0.25) is 11.3 Å². The standard InChI is InChI=1S/C14H12Cl3FN2/c15-9-4-5-12(18)8(6-9)7-13(20-19)14-10(16)2-1-3-11(14)17/h1-6,13,20H,7,19H2. The molecule has 2 aromatic carbocycles. The molecule has 0 saturated carbocycles. The first-order valence-corrected chi connectivity index (χ1v) is 7.00. The summed E-state index contributed by atoms with van der Waals surface area (Å²) >= 11 is 18.2. The number of nitrogens with two attached hydrogens (primary N) is 1. The van der Waals surface area contributed by atoms with E-state index in [0.29, 0.717) is 26.2 Å². The second kappa shape index (κ2) is 6.74. The number of hydrogen-bond acceptors (Lipinski definition) is 2. The van der Waals surface area contributed by atoms with Crippen LogP contribution in [-0.4, -0.2) is 0 Å². The molecule has 0 aliphatic heterocycles. The molecule has 2 rings (SSSR count). The van der Waals surface area contributed by atoms with Crippen LogP contribution in [0.1, 0.15) is 17.2 Å². The molecule has 0 aliphatic carbocycles. The first-order valence-electron chi connectivity index (χ1n) is 5.87. The normalized spacial score (nSPS) is 12.4. The third-order valence-corrected chi connectivity index (χ3v) is 3.88. The van der Waals surface area contributed by atoms with Gasteiger partial charge in [0.25, 0.3) is 0 Å². The van der Waals surface area contributed by atoms with Gasteiger partial charge in [0.05, 0.1) is 6.04 Å². The van der Waals surface area contributed by atoms with E-state index in [1.54, 1.807) is 24.3 Å². The van der Waals surface area contributed by atoms with E-state index in [9.17, 15) is 4.39 Å². The van der Waals surface area contributed by atoms with Gasteiger partial charge in [-0.2, -0.15) is 0 Å². The van der Waals surface area contributed by atoms with Crippen LogP contribution in [0.4, 0.5) is 4.39 Å². The third kappa shape index (κ3) is 3.43. The van der Waals surface area contributed by atoms with Gasteiger partial charge in [0.2, 0.25) is 0 Å². The van der Waals surface area contributed by atoms with Crippen molar-refractivity contribution in [1.29, 1.82) is 0 Å². The molecule has 20 heavy (non-hydrogen) atoms. The smallest absolute Gasteiger partial charge is 0.126 e. The summed E-state index contributed by atoms with van der Waals surface area (Å²) in [7, 11) is 0. The molecule has 0 heterocycles. The van der Waals surface area contributed by atoms with Gasteiger partial charge in [-0.1, -0.05) is 40.9 Å². The molecule has 6 heteroatoms. The summed E-state index contributed by atoms with van der Waals surface area (Å²) in [6.45, 7) is 0. The summed E-state index contributed by atoms with van der Waals surface area (Å²) in [5.41, 5.74) is 3.69. The minimum atomic E-state index is -0.413. The first-order chi connectivity index (χ1) is 9.52. The maximum absolute atomic E-state index is 13.8. The highest BCUT2D eigenvalue weighted by Crippen LogP contribution is 2.32. The van der Waals surface area contributed by atoms with Gasteiger partial charge in [0, 0.05) is 20.6 Å². The molecular weight excluding hydrogens is 322 g/mol. The largest absolute Gasteiger partial charge is 0.271 e. The van der Waals surface area contributed by atoms with E-state index < -0.39 is 6.04 Å². The number of rotatable bonds is 4. The second-order valence-corrected chi connectivity index (χ2v) is 5.55. The SMILES string of the molecule is NNC(Cc1cc(Cl)ccc1F)c1c(Cl)cccc1Cl. The Morgan fingerprint density at radius 1 is 1.10 bits per heavy atom. The molecule has 3 N–H and O–H groups in total. The van der Waals surface area contributed by atoms with Crippen LogP contribution in [0.25, 0.3) is 0 Å². The van der Waals surface area contributed by atoms with E-state index in [1.165, 1.54) is 12.1 Å². The highest BCUT2D eigenvalue weighted by molar-refractivity contribution is 6.36. The van der Waals surface area contributed by atoms with Gasteiger partial charge in [-0.05, 0) is 42.3 Å². The molecule has 2 aromatic rings. The summed E-state index contributed by atoms with van der Waals surface area (Å²) in [5.74, 6) is 5.21. The van der Waals surface area contributed by atoms with Crippen LogP contribution >= 0.6 is 34.8 Å². The molecule has 2 nitrogen and oxygen atoms in total. The number of hydrazine groups is 1. The fourth-order valence-electron chi connectivity index (χ4n) is 2.01. The Kier molecular flexibility index (Phi) is 5.24. The molecule has 0 fully saturated rings. The van der Waals surface area contributed by atoms with Crippen molar-refractivity contribution in [3.8, 4) is 0 Å². The van der Waals surface area contributed by atoms with Gasteiger partial charge in [-0.15, -0.1) is 0 Å². The zero-order valence-electron chi connectivity index (χ0n) is 10.3. The maximum Gasteiger partial charge on any atom is 0.126 e. The lowest BCUT2D eigenvalue weighted by Gasteiger charge is -2.19. The van der Waals surface area contributed by atoms with Crippen molar-refractivity contribution in [2.75, 3.05) is 0 Å². The Morgan fingerprint density at radius 3 is 2.35 bits per heavy atom.